The monoisotopic (exact) mass is 359 g/mol. The summed E-state index contributed by atoms with van der Waals surface area (Å²) < 4.78 is 16.1. The van der Waals surface area contributed by atoms with Crippen molar-refractivity contribution in [3.05, 3.63) is 54.4 Å². The van der Waals surface area contributed by atoms with E-state index < -0.39 is 7.60 Å². The third-order valence-electron chi connectivity index (χ3n) is 3.75. The van der Waals surface area contributed by atoms with Crippen molar-refractivity contribution >= 4 is 30.0 Å². The number of fused-ring (bicyclic) bond motifs is 1. The normalized spacial score (nSPS) is 11.5. The molecule has 0 aliphatic rings. The lowest BCUT2D eigenvalue weighted by Crippen LogP contribution is -1.97. The first-order valence-electron chi connectivity index (χ1n) is 7.64. The van der Waals surface area contributed by atoms with Crippen LogP contribution in [0.15, 0.2) is 48.8 Å². The summed E-state index contributed by atoms with van der Waals surface area (Å²) in [6.45, 7) is 0. The zero-order chi connectivity index (χ0) is 17.9. The number of methoxy groups -OCH3 is 1. The fourth-order valence-corrected chi connectivity index (χ4v) is 2.98. The van der Waals surface area contributed by atoms with Crippen LogP contribution < -0.4 is 10.1 Å². The van der Waals surface area contributed by atoms with E-state index in [1.165, 1.54) is 6.33 Å². The molecule has 0 bridgehead atoms. The summed E-state index contributed by atoms with van der Waals surface area (Å²) >= 11 is 0. The summed E-state index contributed by atoms with van der Waals surface area (Å²) in [7, 11) is -2.37. The number of aryl methyl sites for hydroxylation is 1. The van der Waals surface area contributed by atoms with Gasteiger partial charge in [0.25, 0.3) is 0 Å². The third kappa shape index (κ3) is 4.54. The summed E-state index contributed by atoms with van der Waals surface area (Å²) in [5.74, 6) is 1.40. The zero-order valence-corrected chi connectivity index (χ0v) is 14.5. The molecule has 0 amide bonds. The highest BCUT2D eigenvalue weighted by Crippen LogP contribution is 2.35. The van der Waals surface area contributed by atoms with Gasteiger partial charge in [0.1, 0.15) is 17.9 Å². The van der Waals surface area contributed by atoms with E-state index in [9.17, 15) is 4.57 Å². The Kier molecular flexibility index (Phi) is 4.99. The average molecular weight is 359 g/mol. The maximum absolute atomic E-state index is 10.9. The Morgan fingerprint density at radius 1 is 1.12 bits per heavy atom. The average Bonchev–Trinajstić information content (AvgIpc) is 2.60. The van der Waals surface area contributed by atoms with Crippen LogP contribution in [0.1, 0.15) is 5.56 Å². The molecule has 0 saturated carbocycles. The van der Waals surface area contributed by atoms with Crippen LogP contribution in [0.4, 0.5) is 11.5 Å². The van der Waals surface area contributed by atoms with Crippen LogP contribution in [0.5, 0.6) is 5.75 Å². The molecular weight excluding hydrogens is 341 g/mol. The van der Waals surface area contributed by atoms with E-state index in [2.05, 4.69) is 15.3 Å². The molecule has 130 valence electrons. The predicted octanol–water partition coefficient (Wildman–Crippen LogP) is 3.10. The van der Waals surface area contributed by atoms with Gasteiger partial charge < -0.3 is 19.8 Å². The van der Waals surface area contributed by atoms with Crippen molar-refractivity contribution in [3.8, 4) is 5.75 Å². The van der Waals surface area contributed by atoms with Gasteiger partial charge in [-0.1, -0.05) is 12.1 Å². The Hall–Kier alpha value is -2.47. The minimum Gasteiger partial charge on any atom is -0.497 e. The Morgan fingerprint density at radius 3 is 2.56 bits per heavy atom. The number of benzene rings is 2. The van der Waals surface area contributed by atoms with Crippen molar-refractivity contribution in [2.45, 2.75) is 6.42 Å². The van der Waals surface area contributed by atoms with E-state index in [4.69, 9.17) is 14.5 Å². The minimum absolute atomic E-state index is 0.155. The Bertz CT molecular complexity index is 925. The topological polar surface area (TPSA) is 105 Å². The molecule has 3 aromatic rings. The van der Waals surface area contributed by atoms with Gasteiger partial charge in [0.15, 0.2) is 0 Å². The predicted molar refractivity (Wildman–Crippen MR) is 96.4 cm³/mol. The lowest BCUT2D eigenvalue weighted by atomic mass is 10.1. The SMILES string of the molecule is COc1ccc2c(Nc3ccc(CCP(=O)(O)O)cc3)ncnc2c1. The van der Waals surface area contributed by atoms with Crippen molar-refractivity contribution in [1.29, 1.82) is 0 Å². The molecule has 25 heavy (non-hydrogen) atoms. The van der Waals surface area contributed by atoms with Crippen LogP contribution in [0, 0.1) is 0 Å². The van der Waals surface area contributed by atoms with Gasteiger partial charge in [-0.25, -0.2) is 9.97 Å². The van der Waals surface area contributed by atoms with Gasteiger partial charge in [0, 0.05) is 17.1 Å². The molecule has 1 aromatic heterocycles. The number of nitrogens with zero attached hydrogens (tertiary/aromatic N) is 2. The highest BCUT2D eigenvalue weighted by molar-refractivity contribution is 7.51. The van der Waals surface area contributed by atoms with Crippen LogP contribution in [-0.4, -0.2) is 33.0 Å². The summed E-state index contributed by atoms with van der Waals surface area (Å²) in [4.78, 5) is 26.4. The maximum atomic E-state index is 10.9. The number of nitrogens with one attached hydrogen (secondary N) is 1. The number of rotatable bonds is 6. The molecule has 0 fully saturated rings. The van der Waals surface area contributed by atoms with Gasteiger partial charge in [0.05, 0.1) is 18.8 Å². The van der Waals surface area contributed by atoms with E-state index in [0.717, 1.165) is 27.9 Å². The number of hydrogen-bond donors (Lipinski definition) is 3. The van der Waals surface area contributed by atoms with Crippen LogP contribution in [0.2, 0.25) is 0 Å². The molecule has 0 aliphatic heterocycles. The quantitative estimate of drug-likeness (QED) is 0.581. The van der Waals surface area contributed by atoms with Gasteiger partial charge in [-0.15, -0.1) is 0 Å². The summed E-state index contributed by atoms with van der Waals surface area (Å²) in [6.07, 6.45) is 1.66. The molecule has 7 nitrogen and oxygen atoms in total. The van der Waals surface area contributed by atoms with Crippen molar-refractivity contribution in [3.63, 3.8) is 0 Å². The molecule has 0 atom stereocenters. The molecule has 0 unspecified atom stereocenters. The van der Waals surface area contributed by atoms with Crippen molar-refractivity contribution in [2.75, 3.05) is 18.6 Å². The summed E-state index contributed by atoms with van der Waals surface area (Å²) in [5, 5.41) is 4.11. The van der Waals surface area contributed by atoms with E-state index in [1.54, 1.807) is 7.11 Å². The van der Waals surface area contributed by atoms with Gasteiger partial charge >= 0.3 is 7.60 Å². The molecule has 2 aromatic carbocycles. The van der Waals surface area contributed by atoms with Crippen molar-refractivity contribution < 1.29 is 19.1 Å². The van der Waals surface area contributed by atoms with E-state index in [0.29, 0.717) is 12.2 Å². The van der Waals surface area contributed by atoms with Crippen LogP contribution in [0.25, 0.3) is 10.9 Å². The van der Waals surface area contributed by atoms with E-state index >= 15 is 0 Å². The fraction of sp³-hybridized carbons (Fsp3) is 0.176. The highest BCUT2D eigenvalue weighted by Gasteiger charge is 2.12. The van der Waals surface area contributed by atoms with Crippen molar-refractivity contribution in [1.82, 2.24) is 9.97 Å². The summed E-state index contributed by atoms with van der Waals surface area (Å²) in [5.41, 5.74) is 2.47. The molecular formula is C17H18N3O4P. The van der Waals surface area contributed by atoms with Crippen LogP contribution in [0.3, 0.4) is 0 Å². The smallest absolute Gasteiger partial charge is 0.325 e. The first-order valence-corrected chi connectivity index (χ1v) is 9.44. The summed E-state index contributed by atoms with van der Waals surface area (Å²) in [6, 6.07) is 13.0. The van der Waals surface area contributed by atoms with Gasteiger partial charge in [-0.3, -0.25) is 4.57 Å². The van der Waals surface area contributed by atoms with E-state index in [1.807, 2.05) is 42.5 Å². The van der Waals surface area contributed by atoms with Crippen molar-refractivity contribution in [2.24, 2.45) is 0 Å². The standard InChI is InChI=1S/C17H18N3O4P/c1-24-14-6-7-15-16(10-14)18-11-19-17(15)20-13-4-2-12(3-5-13)8-9-25(21,22)23/h2-7,10-11H,8-9H2,1H3,(H,18,19,20)(H2,21,22,23). The second-order valence-corrected chi connectivity index (χ2v) is 7.34. The van der Waals surface area contributed by atoms with Gasteiger partial charge in [-0.2, -0.15) is 0 Å². The molecule has 8 heteroatoms. The first-order chi connectivity index (χ1) is 11.9. The molecule has 0 radical (unpaired) electrons. The highest BCUT2D eigenvalue weighted by atomic mass is 31.2. The minimum atomic E-state index is -3.97. The number of hydrogen-bond acceptors (Lipinski definition) is 5. The number of anilines is 2. The second kappa shape index (κ2) is 7.19. The molecule has 0 saturated heterocycles. The first kappa shape index (κ1) is 17.4. The lowest BCUT2D eigenvalue weighted by Gasteiger charge is -2.10. The molecule has 0 spiro atoms. The zero-order valence-electron chi connectivity index (χ0n) is 13.6. The fourth-order valence-electron chi connectivity index (χ4n) is 2.43. The number of ether oxygens (including phenoxy) is 1. The maximum Gasteiger partial charge on any atom is 0.325 e. The Balaban J connectivity index is 1.78. The van der Waals surface area contributed by atoms with E-state index in [-0.39, 0.29) is 6.16 Å². The molecule has 1 heterocycles. The van der Waals surface area contributed by atoms with Gasteiger partial charge in [-0.05, 0) is 36.2 Å². The largest absolute Gasteiger partial charge is 0.497 e. The Morgan fingerprint density at radius 2 is 1.88 bits per heavy atom. The van der Waals surface area contributed by atoms with Crippen LogP contribution >= 0.6 is 7.60 Å². The molecule has 0 aliphatic carbocycles. The lowest BCUT2D eigenvalue weighted by molar-refractivity contribution is 0.373. The van der Waals surface area contributed by atoms with Crippen LogP contribution in [-0.2, 0) is 11.0 Å². The Labute approximate surface area is 144 Å². The number of aromatic nitrogens is 2. The second-order valence-electron chi connectivity index (χ2n) is 5.57. The third-order valence-corrected chi connectivity index (χ3v) is 4.56. The molecule has 3 rings (SSSR count). The molecule has 3 N–H and O–H groups in total. The van der Waals surface area contributed by atoms with Gasteiger partial charge in [0.2, 0.25) is 0 Å².